The quantitative estimate of drug-likeness (QED) is 0.716. The second-order valence-electron chi connectivity index (χ2n) is 6.84. The highest BCUT2D eigenvalue weighted by molar-refractivity contribution is 7.92. The van der Waals surface area contributed by atoms with E-state index in [4.69, 9.17) is 16.3 Å². The van der Waals surface area contributed by atoms with Gasteiger partial charge in [0.25, 0.3) is 0 Å². The second kappa shape index (κ2) is 8.11. The lowest BCUT2D eigenvalue weighted by Gasteiger charge is -2.18. The molecule has 0 bridgehead atoms. The molecule has 0 radical (unpaired) electrons. The molecule has 1 saturated heterocycles. The maximum Gasteiger partial charge on any atom is 0.181 e. The molecule has 2 aromatic rings. The van der Waals surface area contributed by atoms with E-state index in [1.54, 1.807) is 24.4 Å². The molecule has 7 heteroatoms. The molecule has 1 aliphatic heterocycles. The van der Waals surface area contributed by atoms with Crippen molar-refractivity contribution in [1.29, 1.82) is 0 Å². The molecule has 0 spiro atoms. The number of pyridine rings is 1. The van der Waals surface area contributed by atoms with Crippen LogP contribution in [0.4, 0.5) is 0 Å². The van der Waals surface area contributed by atoms with E-state index in [1.165, 1.54) is 0 Å². The summed E-state index contributed by atoms with van der Waals surface area (Å²) < 4.78 is 32.5. The van der Waals surface area contributed by atoms with E-state index < -0.39 is 9.84 Å². The van der Waals surface area contributed by atoms with Gasteiger partial charge in [-0.05, 0) is 64.0 Å². The number of halogens is 1. The van der Waals surface area contributed by atoms with Gasteiger partial charge in [-0.1, -0.05) is 18.5 Å². The van der Waals surface area contributed by atoms with E-state index in [0.717, 1.165) is 25.9 Å². The lowest BCUT2D eigenvalue weighted by molar-refractivity contribution is 0.321. The Morgan fingerprint density at radius 2 is 2.08 bits per heavy atom. The second-order valence-corrected chi connectivity index (χ2v) is 9.39. The first-order valence-corrected chi connectivity index (χ1v) is 11.0. The Morgan fingerprint density at radius 1 is 1.27 bits per heavy atom. The van der Waals surface area contributed by atoms with Gasteiger partial charge in [0.15, 0.2) is 9.84 Å². The van der Waals surface area contributed by atoms with Gasteiger partial charge < -0.3 is 9.64 Å². The van der Waals surface area contributed by atoms with Gasteiger partial charge in [0.05, 0.1) is 22.1 Å². The highest BCUT2D eigenvalue weighted by Gasteiger charge is 2.31. The summed E-state index contributed by atoms with van der Waals surface area (Å²) in [6, 6.07) is 5.09. The Morgan fingerprint density at radius 3 is 2.85 bits per heavy atom. The largest absolute Gasteiger partial charge is 0.493 e. The van der Waals surface area contributed by atoms with Gasteiger partial charge >= 0.3 is 0 Å². The molecule has 1 unspecified atom stereocenters. The summed E-state index contributed by atoms with van der Waals surface area (Å²) in [4.78, 5) is 6.64. The number of nitrogens with zero attached hydrogens (tertiary/aromatic N) is 2. The Balaban J connectivity index is 2.09. The van der Waals surface area contributed by atoms with E-state index in [-0.39, 0.29) is 10.4 Å². The van der Waals surface area contributed by atoms with Crippen LogP contribution in [0.25, 0.3) is 10.8 Å². The summed E-state index contributed by atoms with van der Waals surface area (Å²) in [7, 11) is -1.42. The molecule has 1 fully saturated rings. The summed E-state index contributed by atoms with van der Waals surface area (Å²) in [5.41, 5.74) is 0. The van der Waals surface area contributed by atoms with Crippen LogP contribution >= 0.6 is 11.6 Å². The van der Waals surface area contributed by atoms with Crippen molar-refractivity contribution < 1.29 is 13.2 Å². The average Bonchev–Trinajstić information content (AvgIpc) is 2.84. The van der Waals surface area contributed by atoms with Crippen LogP contribution in [0.1, 0.15) is 32.6 Å². The maximum absolute atomic E-state index is 13.4. The van der Waals surface area contributed by atoms with Crippen LogP contribution in [0.5, 0.6) is 5.75 Å². The molecule has 0 aliphatic carbocycles. The maximum atomic E-state index is 13.4. The van der Waals surface area contributed by atoms with Crippen molar-refractivity contribution in [3.63, 3.8) is 0 Å². The van der Waals surface area contributed by atoms with E-state index in [1.807, 2.05) is 14.0 Å². The molecule has 0 N–H and O–H groups in total. The molecule has 1 atom stereocenters. The number of benzene rings is 1. The lowest BCUT2D eigenvalue weighted by atomic mass is 10.1. The summed E-state index contributed by atoms with van der Waals surface area (Å²) in [6.45, 7) is 4.29. The van der Waals surface area contributed by atoms with Crippen LogP contribution in [0.3, 0.4) is 0 Å². The number of rotatable bonds is 5. The number of sulfone groups is 1. The van der Waals surface area contributed by atoms with Gasteiger partial charge in [-0.25, -0.2) is 13.4 Å². The van der Waals surface area contributed by atoms with Crippen molar-refractivity contribution in [2.75, 3.05) is 26.7 Å². The number of hydrogen-bond donors (Lipinski definition) is 0. The summed E-state index contributed by atoms with van der Waals surface area (Å²) in [5, 5.41) is 1.07. The van der Waals surface area contributed by atoms with Gasteiger partial charge in [-0.15, -0.1) is 0 Å². The molecule has 1 aromatic carbocycles. The number of aromatic nitrogens is 1. The minimum absolute atomic E-state index is 0.270. The monoisotopic (exact) mass is 396 g/mol. The Hall–Kier alpha value is -1.37. The van der Waals surface area contributed by atoms with Crippen molar-refractivity contribution in [1.82, 2.24) is 9.88 Å². The molecular formula is C19H25ClN2O3S. The molecule has 2 heterocycles. The first-order valence-electron chi connectivity index (χ1n) is 9.07. The van der Waals surface area contributed by atoms with Gasteiger partial charge in [0.1, 0.15) is 10.9 Å². The van der Waals surface area contributed by atoms with Gasteiger partial charge in [-0.3, -0.25) is 0 Å². The SMILES string of the molecule is CCCOc1ccc(S(=O)(=O)C2CCCN(C)CC2)c2ccnc(Cl)c12. The van der Waals surface area contributed by atoms with Crippen molar-refractivity contribution >= 4 is 32.2 Å². The minimum atomic E-state index is -3.46. The van der Waals surface area contributed by atoms with Crippen LogP contribution in [0.15, 0.2) is 29.3 Å². The van der Waals surface area contributed by atoms with Crippen LogP contribution in [-0.2, 0) is 9.84 Å². The lowest BCUT2D eigenvalue weighted by Crippen LogP contribution is -2.24. The standard InChI is InChI=1S/C19H25ClN2O3S/c1-3-13-25-16-6-7-17(15-8-10-21-19(20)18(15)16)26(23,24)14-5-4-11-22(2)12-9-14/h6-8,10,14H,3-5,9,11-13H2,1-2H3. The van der Waals surface area contributed by atoms with Crippen LogP contribution in [-0.4, -0.2) is 50.3 Å². The zero-order valence-electron chi connectivity index (χ0n) is 15.2. The summed E-state index contributed by atoms with van der Waals surface area (Å²) in [6.07, 6.45) is 4.62. The van der Waals surface area contributed by atoms with Crippen molar-refractivity contribution in [3.05, 3.63) is 29.5 Å². The number of ether oxygens (including phenoxy) is 1. The third-order valence-electron chi connectivity index (χ3n) is 4.91. The first-order chi connectivity index (χ1) is 12.4. The van der Waals surface area contributed by atoms with Crippen LogP contribution in [0.2, 0.25) is 5.15 Å². The molecule has 1 aliphatic rings. The number of fused-ring (bicyclic) bond motifs is 1. The number of likely N-dealkylation sites (tertiary alicyclic amines) is 1. The smallest absolute Gasteiger partial charge is 0.181 e. The van der Waals surface area contributed by atoms with Crippen LogP contribution < -0.4 is 4.74 Å². The molecular weight excluding hydrogens is 372 g/mol. The van der Waals surface area contributed by atoms with E-state index in [0.29, 0.717) is 40.9 Å². The Bertz CT molecular complexity index is 886. The molecule has 1 aromatic heterocycles. The average molecular weight is 397 g/mol. The van der Waals surface area contributed by atoms with Crippen molar-refractivity contribution in [2.45, 2.75) is 42.8 Å². The predicted octanol–water partition coefficient (Wildman–Crippen LogP) is 3.94. The predicted molar refractivity (Wildman–Crippen MR) is 105 cm³/mol. The van der Waals surface area contributed by atoms with Crippen molar-refractivity contribution in [2.24, 2.45) is 0 Å². The Labute approximate surface area is 160 Å². The zero-order chi connectivity index (χ0) is 18.7. The molecule has 26 heavy (non-hydrogen) atoms. The van der Waals surface area contributed by atoms with Crippen molar-refractivity contribution in [3.8, 4) is 5.75 Å². The molecule has 0 saturated carbocycles. The fraction of sp³-hybridized carbons (Fsp3) is 0.526. The first kappa shape index (κ1) is 19.4. The fourth-order valence-electron chi connectivity index (χ4n) is 3.48. The van der Waals surface area contributed by atoms with E-state index in [2.05, 4.69) is 9.88 Å². The van der Waals surface area contributed by atoms with Gasteiger partial charge in [0.2, 0.25) is 0 Å². The zero-order valence-corrected chi connectivity index (χ0v) is 16.8. The van der Waals surface area contributed by atoms with Gasteiger partial charge in [-0.2, -0.15) is 0 Å². The highest BCUT2D eigenvalue weighted by Crippen LogP contribution is 2.37. The highest BCUT2D eigenvalue weighted by atomic mass is 35.5. The summed E-state index contributed by atoms with van der Waals surface area (Å²) >= 11 is 6.30. The molecule has 5 nitrogen and oxygen atoms in total. The fourth-order valence-corrected chi connectivity index (χ4v) is 5.72. The molecule has 3 rings (SSSR count). The van der Waals surface area contributed by atoms with Gasteiger partial charge in [0, 0.05) is 11.6 Å². The number of hydrogen-bond acceptors (Lipinski definition) is 5. The normalized spacial score (nSPS) is 19.4. The van der Waals surface area contributed by atoms with Crippen LogP contribution in [0, 0.1) is 0 Å². The topological polar surface area (TPSA) is 59.5 Å². The molecule has 142 valence electrons. The van der Waals surface area contributed by atoms with E-state index >= 15 is 0 Å². The summed E-state index contributed by atoms with van der Waals surface area (Å²) in [5.74, 6) is 0.583. The third kappa shape index (κ3) is 3.82. The molecule has 0 amide bonds. The Kier molecular flexibility index (Phi) is 6.05. The minimum Gasteiger partial charge on any atom is -0.493 e. The van der Waals surface area contributed by atoms with E-state index in [9.17, 15) is 8.42 Å². The third-order valence-corrected chi connectivity index (χ3v) is 7.51.